The summed E-state index contributed by atoms with van der Waals surface area (Å²) in [5.74, 6) is 0.172. The summed E-state index contributed by atoms with van der Waals surface area (Å²) in [6.45, 7) is 3.26. The van der Waals surface area contributed by atoms with E-state index >= 15 is 0 Å². The Kier molecular flexibility index (Phi) is 8.39. The first kappa shape index (κ1) is 22.8. The largest absolute Gasteiger partial charge is 0.370 e. The van der Waals surface area contributed by atoms with Crippen LogP contribution in [0.1, 0.15) is 29.7 Å². The van der Waals surface area contributed by atoms with Gasteiger partial charge in [-0.05, 0) is 42.2 Å². The van der Waals surface area contributed by atoms with Gasteiger partial charge in [0.2, 0.25) is 5.91 Å². The van der Waals surface area contributed by atoms with Gasteiger partial charge in [0.25, 0.3) is 0 Å². The van der Waals surface area contributed by atoms with Gasteiger partial charge in [-0.2, -0.15) is 0 Å². The lowest BCUT2D eigenvalue weighted by Gasteiger charge is -2.28. The van der Waals surface area contributed by atoms with Crippen molar-refractivity contribution in [2.45, 2.75) is 25.9 Å². The molecule has 3 rings (SSSR count). The lowest BCUT2D eigenvalue weighted by Crippen LogP contribution is -2.39. The van der Waals surface area contributed by atoms with Gasteiger partial charge >= 0.3 is 0 Å². The van der Waals surface area contributed by atoms with E-state index in [-0.39, 0.29) is 48.4 Å². The molecule has 1 aliphatic rings. The van der Waals surface area contributed by atoms with Crippen molar-refractivity contribution < 1.29 is 4.79 Å². The number of benzene rings is 2. The summed E-state index contributed by atoms with van der Waals surface area (Å²) in [5.41, 5.74) is 9.30. The van der Waals surface area contributed by atoms with Crippen LogP contribution in [0.5, 0.6) is 0 Å². The van der Waals surface area contributed by atoms with Crippen LogP contribution in [-0.4, -0.2) is 29.9 Å². The van der Waals surface area contributed by atoms with Crippen molar-refractivity contribution in [2.24, 2.45) is 10.7 Å². The number of carbonyl (C=O) groups is 1. The number of aliphatic imine (C=N–C) groups is 1. The Morgan fingerprint density at radius 2 is 1.96 bits per heavy atom. The van der Waals surface area contributed by atoms with Crippen molar-refractivity contribution in [1.29, 1.82) is 0 Å². The Labute approximate surface area is 192 Å². The van der Waals surface area contributed by atoms with Crippen molar-refractivity contribution in [1.82, 2.24) is 10.2 Å². The maximum Gasteiger partial charge on any atom is 0.244 e. The topological polar surface area (TPSA) is 70.7 Å². The summed E-state index contributed by atoms with van der Waals surface area (Å²) in [4.78, 5) is 18.5. The van der Waals surface area contributed by atoms with Gasteiger partial charge in [0.05, 0.1) is 6.04 Å². The molecule has 2 aromatic rings. The molecular weight excluding hydrogens is 510 g/mol. The SMILES string of the molecule is CC(NC(N)=NCC(=O)N1CCc2ccccc2C1)c1ccc(Cl)cc1Cl.I. The first-order valence-corrected chi connectivity index (χ1v) is 9.55. The molecule has 150 valence electrons. The molecule has 0 saturated carbocycles. The van der Waals surface area contributed by atoms with Crippen LogP contribution in [0.4, 0.5) is 0 Å². The van der Waals surface area contributed by atoms with Crippen LogP contribution in [0.15, 0.2) is 47.5 Å². The lowest BCUT2D eigenvalue weighted by molar-refractivity contribution is -0.130. The first-order chi connectivity index (χ1) is 12.9. The predicted octanol–water partition coefficient (Wildman–Crippen LogP) is 4.16. The fraction of sp³-hybridized carbons (Fsp3) is 0.300. The van der Waals surface area contributed by atoms with Crippen molar-refractivity contribution in [2.75, 3.05) is 13.1 Å². The molecule has 1 unspecified atom stereocenters. The number of nitrogens with one attached hydrogen (secondary N) is 1. The van der Waals surface area contributed by atoms with Crippen molar-refractivity contribution in [3.8, 4) is 0 Å². The Morgan fingerprint density at radius 1 is 1.25 bits per heavy atom. The zero-order valence-corrected chi connectivity index (χ0v) is 19.3. The molecular formula is C20H23Cl2IN4O. The molecule has 1 heterocycles. The number of nitrogens with two attached hydrogens (primary N) is 1. The van der Waals surface area contributed by atoms with E-state index in [1.54, 1.807) is 12.1 Å². The van der Waals surface area contributed by atoms with E-state index in [1.807, 2.05) is 30.0 Å². The third-order valence-corrected chi connectivity index (χ3v) is 5.22. The van der Waals surface area contributed by atoms with Gasteiger partial charge in [-0.1, -0.05) is 53.5 Å². The molecule has 0 saturated heterocycles. The lowest BCUT2D eigenvalue weighted by atomic mass is 10.00. The van der Waals surface area contributed by atoms with Crippen LogP contribution in [0.25, 0.3) is 0 Å². The highest BCUT2D eigenvalue weighted by molar-refractivity contribution is 14.0. The van der Waals surface area contributed by atoms with Gasteiger partial charge in [0, 0.05) is 23.1 Å². The van der Waals surface area contributed by atoms with Gasteiger partial charge in [-0.25, -0.2) is 4.99 Å². The molecule has 0 aliphatic carbocycles. The second kappa shape index (κ2) is 10.3. The van der Waals surface area contributed by atoms with Crippen LogP contribution < -0.4 is 11.1 Å². The minimum atomic E-state index is -0.157. The van der Waals surface area contributed by atoms with Crippen molar-refractivity contribution in [3.05, 3.63) is 69.2 Å². The molecule has 0 bridgehead atoms. The van der Waals surface area contributed by atoms with Crippen molar-refractivity contribution >= 4 is 59.0 Å². The summed E-state index contributed by atoms with van der Waals surface area (Å²) >= 11 is 12.1. The highest BCUT2D eigenvalue weighted by Gasteiger charge is 2.20. The quantitative estimate of drug-likeness (QED) is 0.353. The number of hydrogen-bond donors (Lipinski definition) is 2. The summed E-state index contributed by atoms with van der Waals surface area (Å²) in [6.07, 6.45) is 0.867. The Morgan fingerprint density at radius 3 is 2.68 bits per heavy atom. The van der Waals surface area contributed by atoms with E-state index in [1.165, 1.54) is 11.1 Å². The number of carbonyl (C=O) groups excluding carboxylic acids is 1. The van der Waals surface area contributed by atoms with E-state index in [0.717, 1.165) is 12.0 Å². The zero-order valence-electron chi connectivity index (χ0n) is 15.5. The van der Waals surface area contributed by atoms with E-state index in [0.29, 0.717) is 23.1 Å². The van der Waals surface area contributed by atoms with Crippen LogP contribution in [-0.2, 0) is 17.8 Å². The molecule has 0 radical (unpaired) electrons. The minimum absolute atomic E-state index is 0. The number of hydrogen-bond acceptors (Lipinski definition) is 2. The van der Waals surface area contributed by atoms with Crippen LogP contribution in [0, 0.1) is 0 Å². The van der Waals surface area contributed by atoms with Gasteiger partial charge in [0.15, 0.2) is 5.96 Å². The van der Waals surface area contributed by atoms with Crippen LogP contribution in [0.2, 0.25) is 10.0 Å². The molecule has 3 N–H and O–H groups in total. The number of amides is 1. The Balaban J connectivity index is 0.00000280. The van der Waals surface area contributed by atoms with E-state index < -0.39 is 0 Å². The first-order valence-electron chi connectivity index (χ1n) is 8.80. The zero-order chi connectivity index (χ0) is 19.4. The summed E-state index contributed by atoms with van der Waals surface area (Å²) in [6, 6.07) is 13.3. The third-order valence-electron chi connectivity index (χ3n) is 4.66. The van der Waals surface area contributed by atoms with Crippen LogP contribution in [0.3, 0.4) is 0 Å². The number of rotatable bonds is 4. The van der Waals surface area contributed by atoms with Crippen LogP contribution >= 0.6 is 47.2 Å². The normalized spacial score (nSPS) is 14.7. The summed E-state index contributed by atoms with van der Waals surface area (Å²) in [7, 11) is 0. The molecule has 1 aliphatic heterocycles. The monoisotopic (exact) mass is 532 g/mol. The average molecular weight is 533 g/mol. The Hall–Kier alpha value is -1.51. The predicted molar refractivity (Wildman–Crippen MR) is 125 cm³/mol. The minimum Gasteiger partial charge on any atom is -0.370 e. The number of fused-ring (bicyclic) bond motifs is 1. The van der Waals surface area contributed by atoms with E-state index in [2.05, 4.69) is 22.4 Å². The summed E-state index contributed by atoms with van der Waals surface area (Å²) < 4.78 is 0. The van der Waals surface area contributed by atoms with Crippen molar-refractivity contribution in [3.63, 3.8) is 0 Å². The Bertz CT molecular complexity index is 875. The number of guanidine groups is 1. The van der Waals surface area contributed by atoms with E-state index in [9.17, 15) is 4.79 Å². The molecule has 5 nitrogen and oxygen atoms in total. The molecule has 2 aromatic carbocycles. The molecule has 0 aromatic heterocycles. The molecule has 1 amide bonds. The maximum atomic E-state index is 12.5. The van der Waals surface area contributed by atoms with Gasteiger partial charge in [-0.15, -0.1) is 24.0 Å². The number of halogens is 3. The standard InChI is InChI=1S/C20H22Cl2N4O.HI/c1-13(17-7-6-16(21)10-18(17)22)25-20(23)24-11-19(27)26-9-8-14-4-2-3-5-15(14)12-26;/h2-7,10,13H,8-9,11-12H2,1H3,(H3,23,24,25);1H. The second-order valence-corrected chi connectivity index (χ2v) is 7.41. The highest BCUT2D eigenvalue weighted by atomic mass is 127. The maximum absolute atomic E-state index is 12.5. The molecule has 0 spiro atoms. The molecule has 0 fully saturated rings. The molecule has 28 heavy (non-hydrogen) atoms. The van der Waals surface area contributed by atoms with Gasteiger partial charge in [-0.3, -0.25) is 4.79 Å². The average Bonchev–Trinajstić information content (AvgIpc) is 2.65. The second-order valence-electron chi connectivity index (χ2n) is 6.57. The fourth-order valence-electron chi connectivity index (χ4n) is 3.16. The summed E-state index contributed by atoms with van der Waals surface area (Å²) in [5, 5.41) is 4.19. The smallest absolute Gasteiger partial charge is 0.244 e. The molecule has 8 heteroatoms. The van der Waals surface area contributed by atoms with E-state index in [4.69, 9.17) is 28.9 Å². The fourth-order valence-corrected chi connectivity index (χ4v) is 3.73. The third kappa shape index (κ3) is 5.75. The van der Waals surface area contributed by atoms with Gasteiger partial charge in [0.1, 0.15) is 6.54 Å². The highest BCUT2D eigenvalue weighted by Crippen LogP contribution is 2.26. The molecule has 1 atom stereocenters. The van der Waals surface area contributed by atoms with Gasteiger partial charge < -0.3 is 16.0 Å². The number of nitrogens with zero attached hydrogens (tertiary/aromatic N) is 2.